The van der Waals surface area contributed by atoms with Gasteiger partial charge in [-0.1, -0.05) is 29.8 Å². The number of para-hydroxylation sites is 1. The van der Waals surface area contributed by atoms with Crippen molar-refractivity contribution in [3.8, 4) is 33.8 Å². The average Bonchev–Trinajstić information content (AvgIpc) is 3.75. The number of amides is 1. The Hall–Kier alpha value is -4.98. The van der Waals surface area contributed by atoms with Crippen molar-refractivity contribution in [3.05, 3.63) is 78.9 Å². The third-order valence-electron chi connectivity index (χ3n) is 8.33. The number of aryl methyl sites for hydroxylation is 1. The van der Waals surface area contributed by atoms with E-state index in [1.807, 2.05) is 38.6 Å². The second-order valence-electron chi connectivity index (χ2n) is 13.0. The Morgan fingerprint density at radius 3 is 2.42 bits per heavy atom. The molecule has 5 aromatic rings. The van der Waals surface area contributed by atoms with Gasteiger partial charge in [-0.05, 0) is 64.8 Å². The van der Waals surface area contributed by atoms with Crippen molar-refractivity contribution in [3.63, 3.8) is 0 Å². The van der Waals surface area contributed by atoms with Crippen LogP contribution in [0.4, 0.5) is 13.6 Å². The first-order chi connectivity index (χ1) is 22.7. The molecule has 0 radical (unpaired) electrons. The fourth-order valence-corrected chi connectivity index (χ4v) is 7.29. The van der Waals surface area contributed by atoms with Gasteiger partial charge in [-0.15, -0.1) is 8.78 Å². The number of benzene rings is 2. The third kappa shape index (κ3) is 5.84. The summed E-state index contributed by atoms with van der Waals surface area (Å²) in [6.07, 6.45) is 3.68. The van der Waals surface area contributed by atoms with Crippen LogP contribution in [0.3, 0.4) is 0 Å². The molecule has 0 N–H and O–H groups in total. The van der Waals surface area contributed by atoms with E-state index in [-0.39, 0.29) is 39.7 Å². The topological polar surface area (TPSA) is 118 Å². The van der Waals surface area contributed by atoms with Crippen molar-refractivity contribution in [2.75, 3.05) is 13.1 Å². The van der Waals surface area contributed by atoms with Gasteiger partial charge in [0.25, 0.3) is 10.0 Å². The molecule has 2 aliphatic heterocycles. The summed E-state index contributed by atoms with van der Waals surface area (Å²) in [6.45, 7) is 8.42. The molecule has 0 saturated carbocycles. The number of hydrogen-bond acceptors (Lipinski definition) is 8. The average molecular weight is 678 g/mol. The molecule has 2 aliphatic rings. The monoisotopic (exact) mass is 677 g/mol. The molecule has 0 aliphatic carbocycles. The van der Waals surface area contributed by atoms with Gasteiger partial charge in [-0.3, -0.25) is 4.68 Å². The number of aromatic nitrogens is 4. The summed E-state index contributed by atoms with van der Waals surface area (Å²) in [6, 6.07) is 12.7. The molecule has 0 atom stereocenters. The molecule has 5 heterocycles. The van der Waals surface area contributed by atoms with Crippen molar-refractivity contribution >= 4 is 27.1 Å². The summed E-state index contributed by atoms with van der Waals surface area (Å²) >= 11 is 0. The Labute approximate surface area is 275 Å². The van der Waals surface area contributed by atoms with Crippen molar-refractivity contribution < 1.29 is 36.2 Å². The highest BCUT2D eigenvalue weighted by Gasteiger charge is 2.45. The Bertz CT molecular complexity index is 2150. The van der Waals surface area contributed by atoms with Crippen LogP contribution < -0.4 is 9.47 Å². The predicted molar refractivity (Wildman–Crippen MR) is 172 cm³/mol. The zero-order valence-electron chi connectivity index (χ0n) is 26.7. The predicted octanol–water partition coefficient (Wildman–Crippen LogP) is 7.01. The zero-order chi connectivity index (χ0) is 34.0. The lowest BCUT2D eigenvalue weighted by Crippen LogP contribution is -2.42. The number of nitrogens with zero attached hydrogens (tertiary/aromatic N) is 5. The fourth-order valence-electron chi connectivity index (χ4n) is 5.97. The van der Waals surface area contributed by atoms with E-state index in [1.165, 1.54) is 30.5 Å². The van der Waals surface area contributed by atoms with Crippen LogP contribution in [0.2, 0.25) is 0 Å². The molecule has 1 saturated heterocycles. The normalized spacial score (nSPS) is 16.4. The second kappa shape index (κ2) is 11.3. The molecular weight excluding hydrogens is 644 g/mol. The summed E-state index contributed by atoms with van der Waals surface area (Å²) in [5, 5.41) is 4.99. The van der Waals surface area contributed by atoms with E-state index >= 15 is 0 Å². The smallest absolute Gasteiger partial charge is 0.444 e. The maximum absolute atomic E-state index is 14.2. The van der Waals surface area contributed by atoms with Crippen molar-refractivity contribution in [2.45, 2.75) is 63.4 Å². The summed E-state index contributed by atoms with van der Waals surface area (Å²) in [7, 11) is -4.13. The summed E-state index contributed by atoms with van der Waals surface area (Å²) < 4.78 is 74.1. The van der Waals surface area contributed by atoms with Gasteiger partial charge in [-0.2, -0.15) is 5.10 Å². The van der Waals surface area contributed by atoms with Crippen LogP contribution >= 0.6 is 0 Å². The highest BCUT2D eigenvalue weighted by Crippen LogP contribution is 2.49. The van der Waals surface area contributed by atoms with Crippen molar-refractivity contribution in [2.24, 2.45) is 0 Å². The molecular formula is C34H33F2N5O6S. The number of piperidine rings is 1. The van der Waals surface area contributed by atoms with Gasteiger partial charge in [0.05, 0.1) is 17.1 Å². The number of ether oxygens (including phenoxy) is 3. The van der Waals surface area contributed by atoms with Crippen LogP contribution in [0.15, 0.2) is 78.2 Å². The second-order valence-corrected chi connectivity index (χ2v) is 14.8. The van der Waals surface area contributed by atoms with Gasteiger partial charge < -0.3 is 19.1 Å². The van der Waals surface area contributed by atoms with E-state index in [4.69, 9.17) is 9.47 Å². The van der Waals surface area contributed by atoms with Crippen molar-refractivity contribution in [1.29, 1.82) is 0 Å². The Balaban J connectivity index is 1.26. The number of carbonyl (C=O) groups is 1. The van der Waals surface area contributed by atoms with E-state index in [0.717, 1.165) is 15.1 Å². The van der Waals surface area contributed by atoms with Crippen LogP contribution in [0.5, 0.6) is 11.5 Å². The number of hydrogen-bond donors (Lipinski definition) is 0. The quantitative estimate of drug-likeness (QED) is 0.195. The molecule has 0 unspecified atom stereocenters. The zero-order valence-corrected chi connectivity index (χ0v) is 27.5. The highest BCUT2D eigenvalue weighted by atomic mass is 32.2. The van der Waals surface area contributed by atoms with Crippen LogP contribution in [-0.4, -0.2) is 63.1 Å². The SMILES string of the molecule is Cc1ccc(S(=O)(=O)n2cc(-c3cccc4c3OC(F)(F)O4)c3cc(-c4cnn(C5CCN(C(=O)OC(C)(C)C)CC5)c4)cnc32)cc1. The lowest BCUT2D eigenvalue weighted by atomic mass is 10.0. The molecule has 0 spiro atoms. The van der Waals surface area contributed by atoms with E-state index in [1.54, 1.807) is 41.6 Å². The van der Waals surface area contributed by atoms with Crippen LogP contribution in [-0.2, 0) is 14.8 Å². The number of fused-ring (bicyclic) bond motifs is 2. The molecule has 1 fully saturated rings. The number of halogens is 2. The van der Waals surface area contributed by atoms with E-state index in [2.05, 4.69) is 14.8 Å². The largest absolute Gasteiger partial charge is 0.586 e. The number of pyridine rings is 1. The first kappa shape index (κ1) is 31.6. The van der Waals surface area contributed by atoms with Crippen LogP contribution in [0, 0.1) is 6.92 Å². The lowest BCUT2D eigenvalue weighted by Gasteiger charge is -2.33. The summed E-state index contributed by atoms with van der Waals surface area (Å²) in [4.78, 5) is 18.8. The first-order valence-electron chi connectivity index (χ1n) is 15.4. The third-order valence-corrected chi connectivity index (χ3v) is 10.00. The summed E-state index contributed by atoms with van der Waals surface area (Å²) in [5.41, 5.74) is 2.33. The van der Waals surface area contributed by atoms with Gasteiger partial charge in [0.2, 0.25) is 0 Å². The standard InChI is InChI=1S/C34H33F2N5O6S/c1-21-8-10-25(11-9-21)48(43,44)41-20-28(26-6-5-7-29-30(26)46-34(35,36)45-29)27-16-22(17-37-31(27)41)23-18-38-40(19-23)24-12-14-39(15-13-24)32(42)47-33(2,3)4/h5-11,16-20,24H,12-15H2,1-4H3. The van der Waals surface area contributed by atoms with Crippen LogP contribution in [0.1, 0.15) is 45.2 Å². The molecule has 48 heavy (non-hydrogen) atoms. The van der Waals surface area contributed by atoms with E-state index in [9.17, 15) is 22.0 Å². The van der Waals surface area contributed by atoms with Gasteiger partial charge in [0.1, 0.15) is 5.60 Å². The molecule has 2 aromatic carbocycles. The minimum absolute atomic E-state index is 0.0471. The van der Waals surface area contributed by atoms with Gasteiger partial charge in [0, 0.05) is 59.3 Å². The summed E-state index contributed by atoms with van der Waals surface area (Å²) in [5.74, 6) is -0.367. The number of carbonyl (C=O) groups excluding carboxylic acids is 1. The fraction of sp³-hybridized carbons (Fsp3) is 0.324. The Morgan fingerprint density at radius 2 is 1.71 bits per heavy atom. The molecule has 14 heteroatoms. The highest BCUT2D eigenvalue weighted by molar-refractivity contribution is 7.90. The van der Waals surface area contributed by atoms with Crippen molar-refractivity contribution in [1.82, 2.24) is 23.6 Å². The number of rotatable bonds is 5. The maximum atomic E-state index is 14.2. The maximum Gasteiger partial charge on any atom is 0.586 e. The minimum Gasteiger partial charge on any atom is -0.444 e. The van der Waals surface area contributed by atoms with Crippen LogP contribution in [0.25, 0.3) is 33.3 Å². The number of alkyl halides is 2. The number of likely N-dealkylation sites (tertiary alicyclic amines) is 1. The Kier molecular flexibility index (Phi) is 7.46. The molecule has 7 rings (SSSR count). The van der Waals surface area contributed by atoms with E-state index < -0.39 is 21.9 Å². The first-order valence-corrected chi connectivity index (χ1v) is 16.9. The van der Waals surface area contributed by atoms with Gasteiger partial charge >= 0.3 is 12.4 Å². The van der Waals surface area contributed by atoms with E-state index in [0.29, 0.717) is 42.4 Å². The minimum atomic E-state index is -4.13. The Morgan fingerprint density at radius 1 is 0.979 bits per heavy atom. The molecule has 3 aromatic heterocycles. The van der Waals surface area contributed by atoms with Gasteiger partial charge in [0.15, 0.2) is 17.1 Å². The molecule has 11 nitrogen and oxygen atoms in total. The molecule has 0 bridgehead atoms. The molecule has 1 amide bonds. The molecule has 250 valence electrons. The van der Waals surface area contributed by atoms with Gasteiger partial charge in [-0.25, -0.2) is 22.2 Å². The lowest BCUT2D eigenvalue weighted by molar-refractivity contribution is -0.286.